The van der Waals surface area contributed by atoms with Crippen molar-refractivity contribution in [3.8, 4) is 0 Å². The number of urea groups is 1. The lowest BCUT2D eigenvalue weighted by atomic mass is 10.2. The molecule has 0 spiro atoms. The zero-order valence-electron chi connectivity index (χ0n) is 12.9. The molecule has 0 unspecified atom stereocenters. The summed E-state index contributed by atoms with van der Waals surface area (Å²) < 4.78 is 22.7. The lowest BCUT2D eigenvalue weighted by Gasteiger charge is -2.17. The molecule has 0 aliphatic carbocycles. The Balaban J connectivity index is 1.97. The summed E-state index contributed by atoms with van der Waals surface area (Å²) >= 11 is 0. The molecule has 0 radical (unpaired) electrons. The highest BCUT2D eigenvalue weighted by atomic mass is 32.2. The predicted molar refractivity (Wildman–Crippen MR) is 78.9 cm³/mol. The summed E-state index contributed by atoms with van der Waals surface area (Å²) in [6.45, 7) is 3.10. The van der Waals surface area contributed by atoms with E-state index in [-0.39, 0.29) is 24.0 Å². The largest absolute Gasteiger partial charge is 0.351 e. The van der Waals surface area contributed by atoms with E-state index in [1.165, 1.54) is 0 Å². The lowest BCUT2D eigenvalue weighted by Crippen LogP contribution is -2.45. The van der Waals surface area contributed by atoms with Crippen LogP contribution in [0.4, 0.5) is 4.79 Å². The van der Waals surface area contributed by atoms with Crippen LogP contribution in [-0.4, -0.2) is 72.6 Å². The highest BCUT2D eigenvalue weighted by Gasteiger charge is 2.45. The second-order valence-corrected chi connectivity index (χ2v) is 8.38. The Hall–Kier alpha value is -1.97. The fourth-order valence-corrected chi connectivity index (χ4v) is 4.22. The van der Waals surface area contributed by atoms with E-state index in [0.717, 1.165) is 4.90 Å². The van der Waals surface area contributed by atoms with Crippen LogP contribution in [-0.2, 0) is 24.2 Å². The summed E-state index contributed by atoms with van der Waals surface area (Å²) in [7, 11) is -3.15. The number of rotatable bonds is 5. The minimum absolute atomic E-state index is 0.000173. The minimum Gasteiger partial charge on any atom is -0.351 e. The van der Waals surface area contributed by atoms with Crippen molar-refractivity contribution in [3.63, 3.8) is 0 Å². The molecule has 2 aliphatic rings. The molecule has 0 bridgehead atoms. The molecule has 2 fully saturated rings. The van der Waals surface area contributed by atoms with Crippen LogP contribution < -0.4 is 5.32 Å². The molecule has 1 atom stereocenters. The Morgan fingerprint density at radius 3 is 2.35 bits per heavy atom. The van der Waals surface area contributed by atoms with E-state index in [4.69, 9.17) is 0 Å². The van der Waals surface area contributed by atoms with Crippen LogP contribution in [0.15, 0.2) is 0 Å². The SMILES string of the molecule is CC(C)CN1C(=O)C(=O)N(CC(=O)N[C@H]2CCS(=O)(=O)C2)C1=O. The van der Waals surface area contributed by atoms with Crippen LogP contribution in [0.25, 0.3) is 0 Å². The average Bonchev–Trinajstić information content (AvgIpc) is 2.86. The number of hydrogen-bond donors (Lipinski definition) is 1. The van der Waals surface area contributed by atoms with Crippen molar-refractivity contribution in [3.05, 3.63) is 0 Å². The molecule has 9 nitrogen and oxygen atoms in total. The Bertz CT molecular complexity index is 657. The molecule has 128 valence electrons. The van der Waals surface area contributed by atoms with Gasteiger partial charge in [0, 0.05) is 12.6 Å². The molecule has 10 heteroatoms. The van der Waals surface area contributed by atoms with E-state index < -0.39 is 46.2 Å². The Morgan fingerprint density at radius 1 is 1.22 bits per heavy atom. The maximum absolute atomic E-state index is 12.1. The van der Waals surface area contributed by atoms with Gasteiger partial charge in [-0.15, -0.1) is 0 Å². The highest BCUT2D eigenvalue weighted by molar-refractivity contribution is 7.91. The van der Waals surface area contributed by atoms with Gasteiger partial charge in [0.2, 0.25) is 5.91 Å². The third-order valence-corrected chi connectivity index (χ3v) is 5.35. The topological polar surface area (TPSA) is 121 Å². The summed E-state index contributed by atoms with van der Waals surface area (Å²) in [6.07, 6.45) is 0.300. The first-order valence-corrected chi connectivity index (χ1v) is 9.10. The molecule has 5 amide bonds. The van der Waals surface area contributed by atoms with Gasteiger partial charge in [0.25, 0.3) is 0 Å². The first-order valence-electron chi connectivity index (χ1n) is 7.28. The molecule has 0 aromatic carbocycles. The smallest absolute Gasteiger partial charge is 0.334 e. The van der Waals surface area contributed by atoms with E-state index in [1.807, 2.05) is 0 Å². The number of imide groups is 2. The molecule has 2 aliphatic heterocycles. The monoisotopic (exact) mass is 345 g/mol. The number of sulfone groups is 1. The summed E-state index contributed by atoms with van der Waals surface area (Å²) in [6, 6.07) is -1.34. The fraction of sp³-hybridized carbons (Fsp3) is 0.692. The van der Waals surface area contributed by atoms with Gasteiger partial charge in [-0.1, -0.05) is 13.8 Å². The number of hydrogen-bond acceptors (Lipinski definition) is 6. The van der Waals surface area contributed by atoms with Crippen LogP contribution in [0.2, 0.25) is 0 Å². The van der Waals surface area contributed by atoms with E-state index in [2.05, 4.69) is 5.32 Å². The lowest BCUT2D eigenvalue weighted by molar-refractivity contribution is -0.144. The van der Waals surface area contributed by atoms with Gasteiger partial charge in [0.05, 0.1) is 11.5 Å². The van der Waals surface area contributed by atoms with E-state index in [0.29, 0.717) is 11.3 Å². The zero-order chi connectivity index (χ0) is 17.4. The normalized spacial score (nSPS) is 24.0. The Kier molecular flexibility index (Phi) is 4.73. The van der Waals surface area contributed by atoms with Gasteiger partial charge < -0.3 is 5.32 Å². The van der Waals surface area contributed by atoms with Gasteiger partial charge in [-0.2, -0.15) is 0 Å². The van der Waals surface area contributed by atoms with Crippen molar-refractivity contribution in [1.82, 2.24) is 15.1 Å². The third-order valence-electron chi connectivity index (χ3n) is 3.58. The molecule has 23 heavy (non-hydrogen) atoms. The van der Waals surface area contributed by atoms with E-state index >= 15 is 0 Å². The van der Waals surface area contributed by atoms with Crippen molar-refractivity contribution in [2.45, 2.75) is 26.3 Å². The maximum atomic E-state index is 12.1. The summed E-state index contributed by atoms with van der Waals surface area (Å²) in [5.74, 6) is -2.80. The first kappa shape index (κ1) is 17.4. The summed E-state index contributed by atoms with van der Waals surface area (Å²) in [5.41, 5.74) is 0. The van der Waals surface area contributed by atoms with Gasteiger partial charge in [0.15, 0.2) is 9.84 Å². The van der Waals surface area contributed by atoms with Gasteiger partial charge in [0.1, 0.15) is 6.54 Å². The van der Waals surface area contributed by atoms with Crippen molar-refractivity contribution in [2.24, 2.45) is 5.92 Å². The average molecular weight is 345 g/mol. The minimum atomic E-state index is -3.15. The number of nitrogens with zero attached hydrogens (tertiary/aromatic N) is 2. The maximum Gasteiger partial charge on any atom is 0.334 e. The van der Waals surface area contributed by atoms with Crippen molar-refractivity contribution in [1.29, 1.82) is 0 Å². The molecule has 0 aromatic rings. The van der Waals surface area contributed by atoms with Crippen LogP contribution in [0.1, 0.15) is 20.3 Å². The van der Waals surface area contributed by atoms with Gasteiger partial charge in [-0.25, -0.2) is 18.1 Å². The van der Waals surface area contributed by atoms with Crippen LogP contribution in [0, 0.1) is 5.92 Å². The van der Waals surface area contributed by atoms with Gasteiger partial charge in [-0.3, -0.25) is 19.3 Å². The molecule has 2 rings (SSSR count). The zero-order valence-corrected chi connectivity index (χ0v) is 13.8. The van der Waals surface area contributed by atoms with E-state index in [1.54, 1.807) is 13.8 Å². The quantitative estimate of drug-likeness (QED) is 0.490. The third kappa shape index (κ3) is 3.87. The molecule has 2 saturated heterocycles. The number of carbonyl (C=O) groups is 4. The molecule has 2 heterocycles. The fourth-order valence-electron chi connectivity index (χ4n) is 2.54. The van der Waals surface area contributed by atoms with Crippen LogP contribution in [0.5, 0.6) is 0 Å². The van der Waals surface area contributed by atoms with Crippen LogP contribution in [0.3, 0.4) is 0 Å². The standard InChI is InChI=1S/C13H19N3O6S/c1-8(2)5-15-11(18)12(19)16(13(15)20)6-10(17)14-9-3-4-23(21,22)7-9/h8-9H,3-7H2,1-2H3,(H,14,17)/t9-/m0/s1. The Labute approximate surface area is 133 Å². The molecule has 0 aromatic heterocycles. The highest BCUT2D eigenvalue weighted by Crippen LogP contribution is 2.15. The van der Waals surface area contributed by atoms with Crippen LogP contribution >= 0.6 is 0 Å². The molecule has 0 saturated carbocycles. The van der Waals surface area contributed by atoms with Gasteiger partial charge >= 0.3 is 17.8 Å². The predicted octanol–water partition coefficient (Wildman–Crippen LogP) is -1.26. The van der Waals surface area contributed by atoms with Gasteiger partial charge in [-0.05, 0) is 12.3 Å². The molecular weight excluding hydrogens is 326 g/mol. The Morgan fingerprint density at radius 2 is 1.83 bits per heavy atom. The number of nitrogens with one attached hydrogen (secondary N) is 1. The number of carbonyl (C=O) groups excluding carboxylic acids is 4. The van der Waals surface area contributed by atoms with Crippen molar-refractivity contribution in [2.75, 3.05) is 24.6 Å². The van der Waals surface area contributed by atoms with E-state index in [9.17, 15) is 27.6 Å². The van der Waals surface area contributed by atoms with Crippen molar-refractivity contribution < 1.29 is 27.6 Å². The van der Waals surface area contributed by atoms with Crippen molar-refractivity contribution >= 4 is 33.6 Å². The summed E-state index contributed by atoms with van der Waals surface area (Å²) in [4.78, 5) is 49.0. The molecular formula is C13H19N3O6S. The number of amides is 5. The second-order valence-electron chi connectivity index (χ2n) is 6.15. The first-order chi connectivity index (χ1) is 10.6. The summed E-state index contributed by atoms with van der Waals surface area (Å²) in [5, 5.41) is 2.48. The second kappa shape index (κ2) is 6.26. The molecule has 1 N–H and O–H groups in total.